The van der Waals surface area contributed by atoms with Crippen LogP contribution in [0.1, 0.15) is 29.7 Å². The summed E-state index contributed by atoms with van der Waals surface area (Å²) in [6.07, 6.45) is 0.910. The lowest BCUT2D eigenvalue weighted by molar-refractivity contribution is -0.130. The van der Waals surface area contributed by atoms with Crippen LogP contribution in [-0.4, -0.2) is 54.0 Å². The van der Waals surface area contributed by atoms with Crippen molar-refractivity contribution in [1.29, 1.82) is 0 Å². The Hall–Kier alpha value is -1.82. The predicted octanol–water partition coefficient (Wildman–Crippen LogP) is 1.28. The average molecular weight is 268 g/mol. The molecule has 1 aromatic heterocycles. The lowest BCUT2D eigenvalue weighted by Crippen LogP contribution is -2.36. The smallest absolute Gasteiger partial charge is 0.371 e. The maximum absolute atomic E-state index is 11.7. The molecular formula is C13H20N2O4. The molecular weight excluding hydrogens is 248 g/mol. The second-order valence-corrected chi connectivity index (χ2v) is 4.57. The Morgan fingerprint density at radius 1 is 1.32 bits per heavy atom. The van der Waals surface area contributed by atoms with Gasteiger partial charge in [0.1, 0.15) is 5.76 Å². The number of aromatic carboxylic acids is 1. The Bertz CT molecular complexity index is 440. The fourth-order valence-corrected chi connectivity index (χ4v) is 1.66. The van der Waals surface area contributed by atoms with Crippen LogP contribution in [0, 0.1) is 0 Å². The number of carboxylic acids is 1. The van der Waals surface area contributed by atoms with Crippen molar-refractivity contribution in [3.05, 3.63) is 23.7 Å². The van der Waals surface area contributed by atoms with Gasteiger partial charge in [0.05, 0.1) is 13.1 Å². The Morgan fingerprint density at radius 3 is 2.47 bits per heavy atom. The Balaban J connectivity index is 2.66. The number of carbonyl (C=O) groups excluding carboxylic acids is 1. The zero-order valence-corrected chi connectivity index (χ0v) is 11.5. The topological polar surface area (TPSA) is 74.0 Å². The second kappa shape index (κ2) is 6.94. The summed E-state index contributed by atoms with van der Waals surface area (Å²) in [7, 11) is 3.42. The van der Waals surface area contributed by atoms with Gasteiger partial charge in [-0.3, -0.25) is 9.69 Å². The van der Waals surface area contributed by atoms with Crippen molar-refractivity contribution in [3.8, 4) is 0 Å². The molecule has 1 N–H and O–H groups in total. The first-order valence-electron chi connectivity index (χ1n) is 6.18. The molecule has 0 saturated carbocycles. The van der Waals surface area contributed by atoms with E-state index in [2.05, 4.69) is 0 Å². The lowest BCUT2D eigenvalue weighted by Gasteiger charge is -2.21. The van der Waals surface area contributed by atoms with Crippen molar-refractivity contribution in [1.82, 2.24) is 9.80 Å². The first-order valence-corrected chi connectivity index (χ1v) is 6.18. The molecule has 6 heteroatoms. The van der Waals surface area contributed by atoms with Crippen molar-refractivity contribution >= 4 is 11.9 Å². The van der Waals surface area contributed by atoms with Crippen LogP contribution >= 0.6 is 0 Å². The minimum absolute atomic E-state index is 0.0125. The molecule has 0 bridgehead atoms. The Kier molecular flexibility index (Phi) is 5.57. The summed E-state index contributed by atoms with van der Waals surface area (Å²) < 4.78 is 5.20. The molecule has 0 radical (unpaired) electrons. The van der Waals surface area contributed by atoms with Crippen LogP contribution in [0.25, 0.3) is 0 Å². The van der Waals surface area contributed by atoms with E-state index in [0.717, 1.165) is 13.0 Å². The number of likely N-dealkylation sites (N-methyl/N-ethyl adjacent to an activating group) is 1. The highest BCUT2D eigenvalue weighted by Crippen LogP contribution is 2.11. The van der Waals surface area contributed by atoms with E-state index in [4.69, 9.17) is 9.52 Å². The molecule has 0 aliphatic heterocycles. The largest absolute Gasteiger partial charge is 0.475 e. The van der Waals surface area contributed by atoms with E-state index >= 15 is 0 Å². The van der Waals surface area contributed by atoms with E-state index in [1.165, 1.54) is 11.0 Å². The van der Waals surface area contributed by atoms with Gasteiger partial charge in [-0.1, -0.05) is 6.92 Å². The summed E-state index contributed by atoms with van der Waals surface area (Å²) in [5, 5.41) is 8.79. The predicted molar refractivity (Wildman–Crippen MR) is 69.9 cm³/mol. The van der Waals surface area contributed by atoms with Gasteiger partial charge in [-0.25, -0.2) is 4.79 Å². The van der Waals surface area contributed by atoms with E-state index in [9.17, 15) is 9.59 Å². The first-order chi connectivity index (χ1) is 8.93. The van der Waals surface area contributed by atoms with Gasteiger partial charge in [0.15, 0.2) is 0 Å². The third-order valence-corrected chi connectivity index (χ3v) is 2.65. The van der Waals surface area contributed by atoms with Crippen LogP contribution in [0.4, 0.5) is 0 Å². The van der Waals surface area contributed by atoms with E-state index in [1.807, 2.05) is 11.8 Å². The number of carbonyl (C=O) groups is 2. The van der Waals surface area contributed by atoms with Crippen molar-refractivity contribution < 1.29 is 19.1 Å². The van der Waals surface area contributed by atoms with E-state index in [-0.39, 0.29) is 11.7 Å². The quantitative estimate of drug-likeness (QED) is 0.806. The van der Waals surface area contributed by atoms with Gasteiger partial charge in [0.2, 0.25) is 11.7 Å². The summed E-state index contributed by atoms with van der Waals surface area (Å²) in [4.78, 5) is 25.9. The van der Waals surface area contributed by atoms with Crippen LogP contribution in [0.5, 0.6) is 0 Å². The van der Waals surface area contributed by atoms with E-state index in [1.54, 1.807) is 20.2 Å². The maximum Gasteiger partial charge on any atom is 0.371 e. The number of rotatable bonds is 7. The van der Waals surface area contributed by atoms with Crippen molar-refractivity contribution in [2.24, 2.45) is 0 Å². The minimum atomic E-state index is -1.09. The van der Waals surface area contributed by atoms with Gasteiger partial charge in [0, 0.05) is 14.1 Å². The molecule has 0 fully saturated rings. The fourth-order valence-electron chi connectivity index (χ4n) is 1.66. The molecule has 6 nitrogen and oxygen atoms in total. The highest BCUT2D eigenvalue weighted by Gasteiger charge is 2.15. The molecule has 0 aliphatic carbocycles. The van der Waals surface area contributed by atoms with Crippen LogP contribution in [0.15, 0.2) is 16.5 Å². The molecule has 0 atom stereocenters. The normalized spacial score (nSPS) is 10.7. The molecule has 1 rings (SSSR count). The third kappa shape index (κ3) is 4.75. The van der Waals surface area contributed by atoms with Crippen LogP contribution in [-0.2, 0) is 11.3 Å². The molecule has 0 aromatic carbocycles. The Morgan fingerprint density at radius 2 is 2.00 bits per heavy atom. The third-order valence-electron chi connectivity index (χ3n) is 2.65. The van der Waals surface area contributed by atoms with Gasteiger partial charge in [-0.05, 0) is 25.1 Å². The number of amides is 1. The van der Waals surface area contributed by atoms with E-state index < -0.39 is 5.97 Å². The Labute approximate surface area is 112 Å². The zero-order valence-electron chi connectivity index (χ0n) is 11.5. The molecule has 1 heterocycles. The number of nitrogens with zero attached hydrogens (tertiary/aromatic N) is 2. The summed E-state index contributed by atoms with van der Waals surface area (Å²) in [5.74, 6) is -0.598. The summed E-state index contributed by atoms with van der Waals surface area (Å²) in [6, 6.07) is 3.06. The number of hydrogen-bond donors (Lipinski definition) is 1. The molecule has 0 unspecified atom stereocenters. The SMILES string of the molecule is CCCN(CC(=O)N(C)C)Cc1ccc(C(=O)O)o1. The molecule has 0 aliphatic rings. The standard InChI is InChI=1S/C13H20N2O4/c1-4-7-15(9-12(16)14(2)3)8-10-5-6-11(19-10)13(17)18/h5-6H,4,7-9H2,1-3H3,(H,17,18). The number of furan rings is 1. The molecule has 0 saturated heterocycles. The van der Waals surface area contributed by atoms with Crippen LogP contribution in [0.3, 0.4) is 0 Å². The first kappa shape index (κ1) is 15.2. The molecule has 1 amide bonds. The van der Waals surface area contributed by atoms with Gasteiger partial charge in [0.25, 0.3) is 0 Å². The van der Waals surface area contributed by atoms with Gasteiger partial charge < -0.3 is 14.4 Å². The average Bonchev–Trinajstić information content (AvgIpc) is 2.77. The summed E-state index contributed by atoms with van der Waals surface area (Å²) in [5.41, 5.74) is 0. The van der Waals surface area contributed by atoms with Crippen molar-refractivity contribution in [3.63, 3.8) is 0 Å². The van der Waals surface area contributed by atoms with Crippen LogP contribution in [0.2, 0.25) is 0 Å². The maximum atomic E-state index is 11.7. The molecule has 19 heavy (non-hydrogen) atoms. The van der Waals surface area contributed by atoms with Gasteiger partial charge >= 0.3 is 5.97 Å². The molecule has 0 spiro atoms. The van der Waals surface area contributed by atoms with Gasteiger partial charge in [-0.15, -0.1) is 0 Å². The van der Waals surface area contributed by atoms with E-state index in [0.29, 0.717) is 18.8 Å². The number of hydrogen-bond acceptors (Lipinski definition) is 4. The van der Waals surface area contributed by atoms with Crippen molar-refractivity contribution in [2.45, 2.75) is 19.9 Å². The number of carboxylic acid groups (broad SMARTS) is 1. The summed E-state index contributed by atoms with van der Waals surface area (Å²) in [6.45, 7) is 3.51. The zero-order chi connectivity index (χ0) is 14.4. The second-order valence-electron chi connectivity index (χ2n) is 4.57. The molecule has 106 valence electrons. The highest BCUT2D eigenvalue weighted by atomic mass is 16.4. The van der Waals surface area contributed by atoms with Crippen LogP contribution < -0.4 is 0 Å². The minimum Gasteiger partial charge on any atom is -0.475 e. The monoisotopic (exact) mass is 268 g/mol. The van der Waals surface area contributed by atoms with Crippen molar-refractivity contribution in [2.75, 3.05) is 27.2 Å². The summed E-state index contributed by atoms with van der Waals surface area (Å²) >= 11 is 0. The molecule has 1 aromatic rings. The lowest BCUT2D eigenvalue weighted by atomic mass is 10.3. The fraction of sp³-hybridized carbons (Fsp3) is 0.538. The van der Waals surface area contributed by atoms with Gasteiger partial charge in [-0.2, -0.15) is 0 Å². The highest BCUT2D eigenvalue weighted by molar-refractivity contribution is 5.84.